The molecular formula is C16H29NO2. The first-order chi connectivity index (χ1) is 9.11. The summed E-state index contributed by atoms with van der Waals surface area (Å²) in [5.74, 6) is 0.742. The Bertz CT molecular complexity index is 295. The third kappa shape index (κ3) is 4.28. The molecule has 1 atom stereocenters. The molecule has 1 N–H and O–H groups in total. The summed E-state index contributed by atoms with van der Waals surface area (Å²) >= 11 is 0. The molecule has 0 aromatic heterocycles. The fourth-order valence-electron chi connectivity index (χ4n) is 3.53. The van der Waals surface area contributed by atoms with E-state index in [4.69, 9.17) is 4.74 Å². The standard InChI is InChI=1S/C16H29NO2/c1-13(2)17-10-5-6-15(18)14-7-11-19-16(12-14)8-3-4-9-16/h13-14,17H,3-12H2,1-2H3. The number of hydrogen-bond acceptors (Lipinski definition) is 3. The van der Waals surface area contributed by atoms with Gasteiger partial charge in [0, 0.05) is 25.0 Å². The average molecular weight is 267 g/mol. The van der Waals surface area contributed by atoms with Crippen LogP contribution in [0.1, 0.15) is 65.2 Å². The molecular weight excluding hydrogens is 238 g/mol. The molecule has 110 valence electrons. The van der Waals surface area contributed by atoms with Gasteiger partial charge in [0.1, 0.15) is 5.78 Å². The van der Waals surface area contributed by atoms with Gasteiger partial charge in [-0.25, -0.2) is 0 Å². The van der Waals surface area contributed by atoms with Crippen LogP contribution in [0.15, 0.2) is 0 Å². The Balaban J connectivity index is 1.73. The van der Waals surface area contributed by atoms with Crippen LogP contribution >= 0.6 is 0 Å². The largest absolute Gasteiger partial charge is 0.375 e. The van der Waals surface area contributed by atoms with Gasteiger partial charge in [0.25, 0.3) is 0 Å². The molecule has 0 bridgehead atoms. The highest BCUT2D eigenvalue weighted by Crippen LogP contribution is 2.42. The Morgan fingerprint density at radius 1 is 1.37 bits per heavy atom. The van der Waals surface area contributed by atoms with E-state index in [-0.39, 0.29) is 11.5 Å². The maximum absolute atomic E-state index is 12.3. The van der Waals surface area contributed by atoms with Crippen LogP contribution in [0.3, 0.4) is 0 Å². The fraction of sp³-hybridized carbons (Fsp3) is 0.938. The third-order valence-electron chi connectivity index (χ3n) is 4.62. The quantitative estimate of drug-likeness (QED) is 0.752. The highest BCUT2D eigenvalue weighted by atomic mass is 16.5. The lowest BCUT2D eigenvalue weighted by atomic mass is 9.81. The highest BCUT2D eigenvalue weighted by molar-refractivity contribution is 5.81. The molecule has 0 aromatic carbocycles. The molecule has 3 heteroatoms. The smallest absolute Gasteiger partial charge is 0.136 e. The van der Waals surface area contributed by atoms with Gasteiger partial charge >= 0.3 is 0 Å². The minimum Gasteiger partial charge on any atom is -0.375 e. The first-order valence-electron chi connectivity index (χ1n) is 8.01. The second-order valence-corrected chi connectivity index (χ2v) is 6.61. The van der Waals surface area contributed by atoms with E-state index in [2.05, 4.69) is 19.2 Å². The third-order valence-corrected chi connectivity index (χ3v) is 4.62. The summed E-state index contributed by atoms with van der Waals surface area (Å²) in [6.07, 6.45) is 8.54. The van der Waals surface area contributed by atoms with Gasteiger partial charge < -0.3 is 10.1 Å². The van der Waals surface area contributed by atoms with Crippen molar-refractivity contribution in [3.63, 3.8) is 0 Å². The molecule has 0 aromatic rings. The van der Waals surface area contributed by atoms with Crippen molar-refractivity contribution in [2.75, 3.05) is 13.2 Å². The van der Waals surface area contributed by atoms with Crippen molar-refractivity contribution in [1.82, 2.24) is 5.32 Å². The van der Waals surface area contributed by atoms with Crippen molar-refractivity contribution in [1.29, 1.82) is 0 Å². The van der Waals surface area contributed by atoms with Crippen molar-refractivity contribution in [3.8, 4) is 0 Å². The SMILES string of the molecule is CC(C)NCCCC(=O)C1CCOC2(CCCC2)C1. The maximum atomic E-state index is 12.3. The van der Waals surface area contributed by atoms with E-state index < -0.39 is 0 Å². The van der Waals surface area contributed by atoms with Crippen LogP contribution in [0.4, 0.5) is 0 Å². The molecule has 19 heavy (non-hydrogen) atoms. The lowest BCUT2D eigenvalue weighted by Crippen LogP contribution is -2.39. The Morgan fingerprint density at radius 3 is 2.79 bits per heavy atom. The molecule has 2 aliphatic rings. The lowest BCUT2D eigenvalue weighted by Gasteiger charge is -2.37. The lowest BCUT2D eigenvalue weighted by molar-refractivity contribution is -0.136. The van der Waals surface area contributed by atoms with Gasteiger partial charge in [0.05, 0.1) is 5.60 Å². The Hall–Kier alpha value is -0.410. The monoisotopic (exact) mass is 267 g/mol. The van der Waals surface area contributed by atoms with E-state index in [0.29, 0.717) is 11.8 Å². The normalized spacial score (nSPS) is 26.2. The van der Waals surface area contributed by atoms with Crippen LogP contribution in [-0.2, 0) is 9.53 Å². The zero-order valence-corrected chi connectivity index (χ0v) is 12.5. The van der Waals surface area contributed by atoms with Gasteiger partial charge in [0.15, 0.2) is 0 Å². The van der Waals surface area contributed by atoms with Crippen molar-refractivity contribution in [2.45, 2.75) is 76.9 Å². The summed E-state index contributed by atoms with van der Waals surface area (Å²) in [5, 5.41) is 3.38. The van der Waals surface area contributed by atoms with Crippen molar-refractivity contribution in [2.24, 2.45) is 5.92 Å². The molecule has 1 unspecified atom stereocenters. The van der Waals surface area contributed by atoms with E-state index in [1.807, 2.05) is 0 Å². The van der Waals surface area contributed by atoms with Crippen LogP contribution in [-0.4, -0.2) is 30.6 Å². The van der Waals surface area contributed by atoms with E-state index >= 15 is 0 Å². The van der Waals surface area contributed by atoms with Crippen molar-refractivity contribution >= 4 is 5.78 Å². The van der Waals surface area contributed by atoms with Crippen LogP contribution in [0.5, 0.6) is 0 Å². The molecule has 1 heterocycles. The number of ether oxygens (including phenoxy) is 1. The highest BCUT2D eigenvalue weighted by Gasteiger charge is 2.41. The summed E-state index contributed by atoms with van der Waals surface area (Å²) < 4.78 is 6.00. The zero-order chi connectivity index (χ0) is 13.7. The summed E-state index contributed by atoms with van der Waals surface area (Å²) in [4.78, 5) is 12.3. The summed E-state index contributed by atoms with van der Waals surface area (Å²) in [7, 11) is 0. The van der Waals surface area contributed by atoms with E-state index in [1.54, 1.807) is 0 Å². The predicted octanol–water partition coefficient (Wildman–Crippen LogP) is 3.07. The first-order valence-corrected chi connectivity index (χ1v) is 8.01. The van der Waals surface area contributed by atoms with Crippen LogP contribution in [0.2, 0.25) is 0 Å². The second kappa shape index (κ2) is 6.85. The Kier molecular flexibility index (Phi) is 5.40. The number of carbonyl (C=O) groups excluding carboxylic acids is 1. The molecule has 1 spiro atoms. The minimum absolute atomic E-state index is 0.0781. The molecule has 2 fully saturated rings. The van der Waals surface area contributed by atoms with E-state index in [9.17, 15) is 4.79 Å². The first kappa shape index (κ1) is 15.0. The van der Waals surface area contributed by atoms with Crippen LogP contribution in [0.25, 0.3) is 0 Å². The van der Waals surface area contributed by atoms with E-state index in [1.165, 1.54) is 25.7 Å². The molecule has 2 rings (SSSR count). The van der Waals surface area contributed by atoms with Crippen LogP contribution in [0, 0.1) is 5.92 Å². The molecule has 1 saturated carbocycles. The maximum Gasteiger partial charge on any atom is 0.136 e. The summed E-state index contributed by atoms with van der Waals surface area (Å²) in [5.41, 5.74) is 0.0781. The molecule has 1 aliphatic heterocycles. The summed E-state index contributed by atoms with van der Waals surface area (Å²) in [6, 6.07) is 0.514. The Morgan fingerprint density at radius 2 is 2.11 bits per heavy atom. The van der Waals surface area contributed by atoms with Crippen molar-refractivity contribution < 1.29 is 9.53 Å². The van der Waals surface area contributed by atoms with Gasteiger partial charge in [-0.15, -0.1) is 0 Å². The molecule has 0 amide bonds. The van der Waals surface area contributed by atoms with Gasteiger partial charge in [-0.05, 0) is 38.6 Å². The number of Topliss-reactive ketones (excluding diaryl/α,β-unsaturated/α-hetero) is 1. The minimum atomic E-state index is 0.0781. The molecule has 3 nitrogen and oxygen atoms in total. The number of rotatable bonds is 6. The Labute approximate surface area is 117 Å². The second-order valence-electron chi connectivity index (χ2n) is 6.61. The molecule has 1 aliphatic carbocycles. The number of ketones is 1. The van der Waals surface area contributed by atoms with Gasteiger partial charge in [-0.1, -0.05) is 26.7 Å². The van der Waals surface area contributed by atoms with Crippen molar-refractivity contribution in [3.05, 3.63) is 0 Å². The van der Waals surface area contributed by atoms with Gasteiger partial charge in [-0.2, -0.15) is 0 Å². The van der Waals surface area contributed by atoms with Gasteiger partial charge in [-0.3, -0.25) is 4.79 Å². The zero-order valence-electron chi connectivity index (χ0n) is 12.5. The van der Waals surface area contributed by atoms with Gasteiger partial charge in [0.2, 0.25) is 0 Å². The predicted molar refractivity (Wildman–Crippen MR) is 77.3 cm³/mol. The fourth-order valence-corrected chi connectivity index (χ4v) is 3.53. The molecule has 1 saturated heterocycles. The average Bonchev–Trinajstić information content (AvgIpc) is 2.82. The van der Waals surface area contributed by atoms with E-state index in [0.717, 1.165) is 38.8 Å². The molecule has 0 radical (unpaired) electrons. The summed E-state index contributed by atoms with van der Waals surface area (Å²) in [6.45, 7) is 6.03. The van der Waals surface area contributed by atoms with Crippen LogP contribution < -0.4 is 5.32 Å². The number of nitrogens with one attached hydrogen (secondary N) is 1. The number of hydrogen-bond donors (Lipinski definition) is 1. The number of carbonyl (C=O) groups is 1. The topological polar surface area (TPSA) is 38.3 Å².